The summed E-state index contributed by atoms with van der Waals surface area (Å²) in [4.78, 5) is 24.3. The van der Waals surface area contributed by atoms with E-state index in [-0.39, 0.29) is 29.3 Å². The summed E-state index contributed by atoms with van der Waals surface area (Å²) in [6, 6.07) is 3.46. The van der Waals surface area contributed by atoms with Crippen LogP contribution in [-0.2, 0) is 0 Å². The van der Waals surface area contributed by atoms with Crippen LogP contribution < -0.4 is 15.4 Å². The number of hydrogen-bond acceptors (Lipinski definition) is 3. The molecule has 0 bridgehead atoms. The van der Waals surface area contributed by atoms with Gasteiger partial charge in [0.05, 0.1) is 5.56 Å². The van der Waals surface area contributed by atoms with E-state index in [0.29, 0.717) is 16.9 Å². The molecule has 118 valence electrons. The second kappa shape index (κ2) is 5.59. The van der Waals surface area contributed by atoms with Crippen molar-refractivity contribution in [2.75, 3.05) is 13.7 Å². The highest BCUT2D eigenvalue weighted by Crippen LogP contribution is 2.41. The standard InChI is InChI=1S/C16H19FN2O3/c1-8-11-5-9(15(20)19-10-3-4-10)6-12(16(21)18-2)14(11)22-13(8)7-17/h5-6,8,10,13H,3-4,7H2,1-2H3,(H,18,21)(H,19,20)/t8-,13+/m0/s1. The molecule has 0 radical (unpaired) electrons. The Morgan fingerprint density at radius 1 is 1.32 bits per heavy atom. The molecule has 0 spiro atoms. The summed E-state index contributed by atoms with van der Waals surface area (Å²) < 4.78 is 18.6. The van der Waals surface area contributed by atoms with E-state index in [1.165, 1.54) is 13.1 Å². The topological polar surface area (TPSA) is 67.4 Å². The van der Waals surface area contributed by atoms with E-state index in [9.17, 15) is 14.0 Å². The Kier molecular flexibility index (Phi) is 3.76. The Morgan fingerprint density at radius 3 is 2.64 bits per heavy atom. The molecule has 2 atom stereocenters. The van der Waals surface area contributed by atoms with Crippen molar-refractivity contribution in [2.45, 2.75) is 37.8 Å². The molecular weight excluding hydrogens is 287 g/mol. The van der Waals surface area contributed by atoms with Gasteiger partial charge >= 0.3 is 0 Å². The molecule has 1 saturated carbocycles. The number of fused-ring (bicyclic) bond motifs is 1. The number of benzene rings is 1. The summed E-state index contributed by atoms with van der Waals surface area (Å²) in [6.45, 7) is 1.21. The van der Waals surface area contributed by atoms with Crippen molar-refractivity contribution < 1.29 is 18.7 Å². The summed E-state index contributed by atoms with van der Waals surface area (Å²) in [5.41, 5.74) is 1.41. The minimum atomic E-state index is -0.632. The molecule has 2 amide bonds. The Morgan fingerprint density at radius 2 is 2.05 bits per heavy atom. The molecule has 2 aliphatic rings. The SMILES string of the molecule is CNC(=O)c1cc(C(=O)NC2CC2)cc2c1O[C@H](CF)[C@H]2C. The van der Waals surface area contributed by atoms with Gasteiger partial charge in [-0.25, -0.2) is 4.39 Å². The maximum atomic E-state index is 13.1. The fraction of sp³-hybridized carbons (Fsp3) is 0.500. The molecular formula is C16H19FN2O3. The molecule has 3 rings (SSSR count). The predicted molar refractivity (Wildman–Crippen MR) is 79.1 cm³/mol. The molecule has 22 heavy (non-hydrogen) atoms. The quantitative estimate of drug-likeness (QED) is 0.891. The van der Waals surface area contributed by atoms with Crippen LogP contribution in [0.15, 0.2) is 12.1 Å². The van der Waals surface area contributed by atoms with Crippen LogP contribution in [0, 0.1) is 0 Å². The molecule has 0 unspecified atom stereocenters. The first-order chi connectivity index (χ1) is 10.5. The first kappa shape index (κ1) is 14.8. The van der Waals surface area contributed by atoms with Crippen molar-refractivity contribution in [1.29, 1.82) is 0 Å². The average Bonchev–Trinajstić information content (AvgIpc) is 3.28. The lowest BCUT2D eigenvalue weighted by Crippen LogP contribution is -2.26. The second-order valence-corrected chi connectivity index (χ2v) is 5.87. The number of ether oxygens (including phenoxy) is 1. The van der Waals surface area contributed by atoms with Gasteiger partial charge in [0.2, 0.25) is 0 Å². The van der Waals surface area contributed by atoms with Gasteiger partial charge in [0.15, 0.2) is 0 Å². The highest BCUT2D eigenvalue weighted by atomic mass is 19.1. The van der Waals surface area contributed by atoms with Gasteiger partial charge < -0.3 is 15.4 Å². The number of alkyl halides is 1. The molecule has 0 saturated heterocycles. The Labute approximate surface area is 128 Å². The second-order valence-electron chi connectivity index (χ2n) is 5.87. The zero-order valence-electron chi connectivity index (χ0n) is 12.6. The maximum absolute atomic E-state index is 13.1. The lowest BCUT2D eigenvalue weighted by atomic mass is 9.94. The number of nitrogens with one attached hydrogen (secondary N) is 2. The van der Waals surface area contributed by atoms with Crippen LogP contribution in [-0.4, -0.2) is 37.7 Å². The fourth-order valence-electron chi connectivity index (χ4n) is 2.67. The van der Waals surface area contributed by atoms with Crippen LogP contribution in [0.2, 0.25) is 0 Å². The van der Waals surface area contributed by atoms with Crippen LogP contribution in [0.5, 0.6) is 5.75 Å². The summed E-state index contributed by atoms with van der Waals surface area (Å²) in [5, 5.41) is 5.43. The average molecular weight is 306 g/mol. The molecule has 1 aliphatic heterocycles. The highest BCUT2D eigenvalue weighted by molar-refractivity contribution is 6.02. The molecule has 0 aromatic heterocycles. The molecule has 2 N–H and O–H groups in total. The van der Waals surface area contributed by atoms with Crippen LogP contribution >= 0.6 is 0 Å². The molecule has 6 heteroatoms. The smallest absolute Gasteiger partial charge is 0.254 e. The number of rotatable bonds is 4. The maximum Gasteiger partial charge on any atom is 0.254 e. The van der Waals surface area contributed by atoms with Gasteiger partial charge in [-0.15, -0.1) is 0 Å². The number of amides is 2. The third-order valence-electron chi connectivity index (χ3n) is 4.23. The number of halogens is 1. The lowest BCUT2D eigenvalue weighted by Gasteiger charge is -2.11. The Balaban J connectivity index is 2.01. The number of hydrogen-bond donors (Lipinski definition) is 2. The number of carbonyl (C=O) groups is 2. The van der Waals surface area contributed by atoms with Crippen molar-refractivity contribution in [3.63, 3.8) is 0 Å². The lowest BCUT2D eigenvalue weighted by molar-refractivity contribution is 0.0951. The van der Waals surface area contributed by atoms with Crippen LogP contribution in [0.1, 0.15) is 52.0 Å². The van der Waals surface area contributed by atoms with E-state index in [0.717, 1.165) is 12.8 Å². The minimum absolute atomic E-state index is 0.197. The van der Waals surface area contributed by atoms with E-state index in [4.69, 9.17) is 4.74 Å². The Hall–Kier alpha value is -2.11. The van der Waals surface area contributed by atoms with Crippen molar-refractivity contribution in [1.82, 2.24) is 10.6 Å². The van der Waals surface area contributed by atoms with Crippen molar-refractivity contribution >= 4 is 11.8 Å². The van der Waals surface area contributed by atoms with Gasteiger partial charge in [0.25, 0.3) is 11.8 Å². The summed E-state index contributed by atoms with van der Waals surface area (Å²) in [7, 11) is 1.51. The normalized spacial score (nSPS) is 22.7. The van der Waals surface area contributed by atoms with Crippen molar-refractivity contribution in [3.05, 3.63) is 28.8 Å². The van der Waals surface area contributed by atoms with E-state index in [2.05, 4.69) is 10.6 Å². The molecule has 1 heterocycles. The van der Waals surface area contributed by atoms with Gasteiger partial charge in [-0.1, -0.05) is 6.92 Å². The fourth-order valence-corrected chi connectivity index (χ4v) is 2.67. The monoisotopic (exact) mass is 306 g/mol. The van der Waals surface area contributed by atoms with E-state index < -0.39 is 12.8 Å². The van der Waals surface area contributed by atoms with Crippen LogP contribution in [0.3, 0.4) is 0 Å². The summed E-state index contributed by atoms with van der Waals surface area (Å²) >= 11 is 0. The predicted octanol–water partition coefficient (Wildman–Crippen LogP) is 1.77. The van der Waals surface area contributed by atoms with Crippen LogP contribution in [0.25, 0.3) is 0 Å². The minimum Gasteiger partial charge on any atom is -0.486 e. The molecule has 1 aliphatic carbocycles. The van der Waals surface area contributed by atoms with Gasteiger partial charge in [0, 0.05) is 30.1 Å². The first-order valence-corrected chi connectivity index (χ1v) is 7.48. The number of carbonyl (C=O) groups excluding carboxylic acids is 2. The Bertz CT molecular complexity index is 628. The highest BCUT2D eigenvalue weighted by Gasteiger charge is 2.35. The third-order valence-corrected chi connectivity index (χ3v) is 4.23. The van der Waals surface area contributed by atoms with Gasteiger partial charge in [-0.05, 0) is 25.0 Å². The zero-order valence-corrected chi connectivity index (χ0v) is 12.6. The van der Waals surface area contributed by atoms with Gasteiger partial charge in [-0.2, -0.15) is 0 Å². The van der Waals surface area contributed by atoms with E-state index >= 15 is 0 Å². The molecule has 5 nitrogen and oxygen atoms in total. The van der Waals surface area contributed by atoms with Gasteiger partial charge in [-0.3, -0.25) is 9.59 Å². The summed E-state index contributed by atoms with van der Waals surface area (Å²) in [5.74, 6) is -0.357. The first-order valence-electron chi connectivity index (χ1n) is 7.48. The third kappa shape index (κ3) is 2.53. The summed E-state index contributed by atoms with van der Waals surface area (Å²) in [6.07, 6.45) is 1.37. The van der Waals surface area contributed by atoms with Crippen molar-refractivity contribution in [3.8, 4) is 5.75 Å². The molecule has 1 aromatic carbocycles. The van der Waals surface area contributed by atoms with E-state index in [1.807, 2.05) is 6.92 Å². The molecule has 1 fully saturated rings. The van der Waals surface area contributed by atoms with Gasteiger partial charge in [0.1, 0.15) is 18.5 Å². The zero-order chi connectivity index (χ0) is 15.9. The molecule has 1 aromatic rings. The van der Waals surface area contributed by atoms with Crippen LogP contribution in [0.4, 0.5) is 4.39 Å². The largest absolute Gasteiger partial charge is 0.486 e. The van der Waals surface area contributed by atoms with E-state index in [1.54, 1.807) is 6.07 Å². The van der Waals surface area contributed by atoms with Crippen molar-refractivity contribution in [2.24, 2.45) is 0 Å².